The van der Waals surface area contributed by atoms with Gasteiger partial charge >= 0.3 is 0 Å². The van der Waals surface area contributed by atoms with E-state index >= 15 is 0 Å². The van der Waals surface area contributed by atoms with Crippen molar-refractivity contribution in [2.75, 3.05) is 25.0 Å². The number of benzene rings is 2. The first-order chi connectivity index (χ1) is 15.4. The minimum Gasteiger partial charge on any atom is -0.497 e. The number of para-hydroxylation sites is 1. The van der Waals surface area contributed by atoms with Gasteiger partial charge in [0.1, 0.15) is 11.6 Å². The summed E-state index contributed by atoms with van der Waals surface area (Å²) in [7, 11) is -0.869. The van der Waals surface area contributed by atoms with Gasteiger partial charge < -0.3 is 14.4 Å². The number of carbonyl (C=O) groups is 1. The van der Waals surface area contributed by atoms with Crippen LogP contribution in [0, 0.1) is 0 Å². The number of methoxy groups -OCH3 is 2. The van der Waals surface area contributed by atoms with Crippen molar-refractivity contribution in [3.63, 3.8) is 0 Å². The van der Waals surface area contributed by atoms with E-state index in [2.05, 4.69) is 4.98 Å². The molecule has 2 aromatic carbocycles. The number of amides is 1. The van der Waals surface area contributed by atoms with Crippen LogP contribution in [0.4, 0.5) is 11.4 Å². The van der Waals surface area contributed by atoms with Gasteiger partial charge in [-0.3, -0.25) is 15.0 Å². The van der Waals surface area contributed by atoms with E-state index in [1.54, 1.807) is 48.1 Å². The molecule has 0 unspecified atom stereocenters. The Morgan fingerprint density at radius 1 is 1.09 bits per heavy atom. The number of rotatable bonds is 9. The number of nitrogens with zero attached hydrogens (tertiary/aromatic N) is 2. The van der Waals surface area contributed by atoms with Crippen LogP contribution in [0.3, 0.4) is 0 Å². The first-order valence-corrected chi connectivity index (χ1v) is 11.2. The second-order valence-electron chi connectivity index (χ2n) is 6.75. The monoisotopic (exact) mass is 457 g/mol. The molecule has 3 rings (SSSR count). The molecule has 0 aliphatic heterocycles. The number of anilines is 2. The summed E-state index contributed by atoms with van der Waals surface area (Å²) in [6.07, 6.45) is 3.05. The van der Waals surface area contributed by atoms with E-state index in [0.717, 1.165) is 0 Å². The fraction of sp³-hybridized carbons (Fsp3) is 0.182. The third-order valence-electron chi connectivity index (χ3n) is 4.71. The average molecular weight is 458 g/mol. The normalized spacial score (nSPS) is 11.1. The molecule has 32 heavy (non-hydrogen) atoms. The lowest BCUT2D eigenvalue weighted by Gasteiger charge is -2.28. The summed E-state index contributed by atoms with van der Waals surface area (Å²) in [6, 6.07) is 14.2. The van der Waals surface area contributed by atoms with Crippen molar-refractivity contribution in [1.29, 1.82) is 0 Å². The molecule has 0 aliphatic carbocycles. The largest absolute Gasteiger partial charge is 0.497 e. The van der Waals surface area contributed by atoms with Gasteiger partial charge in [0.25, 0.3) is 5.91 Å². The van der Waals surface area contributed by atoms with Gasteiger partial charge in [0, 0.05) is 18.9 Å². The quantitative estimate of drug-likeness (QED) is 0.372. The molecule has 1 amide bonds. The highest BCUT2D eigenvalue weighted by atomic mass is 32.2. The van der Waals surface area contributed by atoms with Crippen molar-refractivity contribution < 1.29 is 27.9 Å². The van der Waals surface area contributed by atoms with Crippen LogP contribution in [0.2, 0.25) is 0 Å². The standard InChI is InChI=1S/C22H23N3O6S/c1-30-14-16-5-3-7-20(22(26)24-27)21(16)25(17-6-4-12-23-13-17)15-32(28,29)19-10-8-18(31-2)9-11-19/h3-13,27H,14-15H2,1-2H3,(H,24,26). The number of sulfone groups is 1. The highest BCUT2D eigenvalue weighted by Crippen LogP contribution is 2.34. The lowest BCUT2D eigenvalue weighted by molar-refractivity contribution is 0.0706. The Morgan fingerprint density at radius 3 is 2.44 bits per heavy atom. The molecular formula is C22H23N3O6S. The summed E-state index contributed by atoms with van der Waals surface area (Å²) in [5, 5.41) is 9.25. The molecule has 168 valence electrons. The van der Waals surface area contributed by atoms with Crippen molar-refractivity contribution in [2.24, 2.45) is 0 Å². The summed E-state index contributed by atoms with van der Waals surface area (Å²) in [5.41, 5.74) is 2.98. The van der Waals surface area contributed by atoms with E-state index in [0.29, 0.717) is 17.0 Å². The van der Waals surface area contributed by atoms with Gasteiger partial charge in [-0.1, -0.05) is 12.1 Å². The van der Waals surface area contributed by atoms with Crippen LogP contribution in [-0.2, 0) is 21.2 Å². The number of nitrogens with one attached hydrogen (secondary N) is 1. The number of hydrogen-bond acceptors (Lipinski definition) is 8. The third kappa shape index (κ3) is 5.05. The molecule has 0 radical (unpaired) electrons. The number of ether oxygens (including phenoxy) is 2. The summed E-state index contributed by atoms with van der Waals surface area (Å²) in [4.78, 5) is 18.1. The van der Waals surface area contributed by atoms with Crippen LogP contribution < -0.4 is 15.1 Å². The maximum absolute atomic E-state index is 13.3. The summed E-state index contributed by atoms with van der Waals surface area (Å²) >= 11 is 0. The zero-order valence-corrected chi connectivity index (χ0v) is 18.4. The lowest BCUT2D eigenvalue weighted by atomic mass is 10.1. The van der Waals surface area contributed by atoms with Crippen LogP contribution in [0.5, 0.6) is 5.75 Å². The van der Waals surface area contributed by atoms with Gasteiger partial charge in [0.15, 0.2) is 9.84 Å². The SMILES string of the molecule is COCc1cccc(C(=O)NO)c1N(CS(=O)(=O)c1ccc(OC)cc1)c1cccnc1. The van der Waals surface area contributed by atoms with Crippen LogP contribution in [0.25, 0.3) is 0 Å². The van der Waals surface area contributed by atoms with E-state index in [-0.39, 0.29) is 22.8 Å². The number of carbonyl (C=O) groups excluding carboxylic acids is 1. The summed E-state index contributed by atoms with van der Waals surface area (Å²) in [5.74, 6) is -0.744. The highest BCUT2D eigenvalue weighted by molar-refractivity contribution is 7.91. The van der Waals surface area contributed by atoms with Gasteiger partial charge in [-0.25, -0.2) is 13.9 Å². The van der Waals surface area contributed by atoms with Gasteiger partial charge in [-0.05, 0) is 42.5 Å². The molecule has 1 aromatic heterocycles. The van der Waals surface area contributed by atoms with Crippen molar-refractivity contribution in [2.45, 2.75) is 11.5 Å². The molecule has 0 fully saturated rings. The van der Waals surface area contributed by atoms with Crippen LogP contribution in [-0.4, -0.2) is 44.6 Å². The molecule has 3 aromatic rings. The number of aromatic nitrogens is 1. The maximum Gasteiger partial charge on any atom is 0.276 e. The van der Waals surface area contributed by atoms with Crippen molar-refractivity contribution in [1.82, 2.24) is 10.5 Å². The number of pyridine rings is 1. The highest BCUT2D eigenvalue weighted by Gasteiger charge is 2.27. The first kappa shape index (κ1) is 23.2. The minimum absolute atomic E-state index is 0.0795. The van der Waals surface area contributed by atoms with Crippen molar-refractivity contribution in [3.05, 3.63) is 78.1 Å². The zero-order valence-electron chi connectivity index (χ0n) is 17.6. The first-order valence-electron chi connectivity index (χ1n) is 9.51. The lowest BCUT2D eigenvalue weighted by Crippen LogP contribution is -2.30. The summed E-state index contributed by atoms with van der Waals surface area (Å²) in [6.45, 7) is 0.112. The predicted molar refractivity (Wildman–Crippen MR) is 118 cm³/mol. The summed E-state index contributed by atoms with van der Waals surface area (Å²) < 4.78 is 37.0. The fourth-order valence-electron chi connectivity index (χ4n) is 3.23. The van der Waals surface area contributed by atoms with Gasteiger partial charge in [0.2, 0.25) is 0 Å². The van der Waals surface area contributed by atoms with Crippen LogP contribution >= 0.6 is 0 Å². The van der Waals surface area contributed by atoms with Crippen molar-refractivity contribution in [3.8, 4) is 5.75 Å². The molecule has 9 nitrogen and oxygen atoms in total. The van der Waals surface area contributed by atoms with Crippen molar-refractivity contribution >= 4 is 27.1 Å². The van der Waals surface area contributed by atoms with Gasteiger partial charge in [0.05, 0.1) is 41.7 Å². The Balaban J connectivity index is 2.17. The van der Waals surface area contributed by atoms with Crippen LogP contribution in [0.1, 0.15) is 15.9 Å². The van der Waals surface area contributed by atoms with E-state index < -0.39 is 21.6 Å². The average Bonchev–Trinajstić information content (AvgIpc) is 2.83. The number of hydroxylamine groups is 1. The molecule has 0 spiro atoms. The van der Waals surface area contributed by atoms with E-state index in [1.807, 2.05) is 0 Å². The second-order valence-corrected chi connectivity index (χ2v) is 8.70. The fourth-order valence-corrected chi connectivity index (χ4v) is 4.55. The Kier molecular flexibility index (Phi) is 7.41. The zero-order chi connectivity index (χ0) is 23.1. The molecule has 0 saturated carbocycles. The molecule has 0 aliphatic rings. The molecule has 1 heterocycles. The molecule has 0 saturated heterocycles. The Morgan fingerprint density at radius 2 is 1.84 bits per heavy atom. The van der Waals surface area contributed by atoms with E-state index in [9.17, 15) is 18.4 Å². The maximum atomic E-state index is 13.3. The predicted octanol–water partition coefficient (Wildman–Crippen LogP) is 2.93. The molecular weight excluding hydrogens is 434 g/mol. The Bertz CT molecular complexity index is 1170. The topological polar surface area (TPSA) is 118 Å². The number of hydrogen-bond donors (Lipinski definition) is 2. The third-order valence-corrected chi connectivity index (χ3v) is 6.30. The molecule has 2 N–H and O–H groups in total. The minimum atomic E-state index is -3.85. The Labute approximate surface area is 186 Å². The smallest absolute Gasteiger partial charge is 0.276 e. The van der Waals surface area contributed by atoms with Gasteiger partial charge in [-0.2, -0.15) is 0 Å². The second kappa shape index (κ2) is 10.2. The molecule has 10 heteroatoms. The molecule has 0 atom stereocenters. The van der Waals surface area contributed by atoms with E-state index in [1.165, 1.54) is 43.5 Å². The van der Waals surface area contributed by atoms with Gasteiger partial charge in [-0.15, -0.1) is 0 Å². The van der Waals surface area contributed by atoms with E-state index in [4.69, 9.17) is 9.47 Å². The van der Waals surface area contributed by atoms with Crippen LogP contribution in [0.15, 0.2) is 71.9 Å². The Hall–Kier alpha value is -3.47. The molecule has 0 bridgehead atoms.